The molecule has 0 aliphatic heterocycles. The Hall–Kier alpha value is -3.48. The predicted molar refractivity (Wildman–Crippen MR) is 113 cm³/mol. The summed E-state index contributed by atoms with van der Waals surface area (Å²) in [6, 6.07) is 13.0. The van der Waals surface area contributed by atoms with Gasteiger partial charge in [-0.05, 0) is 68.3 Å². The third-order valence-corrected chi connectivity index (χ3v) is 4.55. The zero-order valence-corrected chi connectivity index (χ0v) is 17.2. The Morgan fingerprint density at radius 3 is 2.43 bits per heavy atom. The normalized spacial score (nSPS) is 11.7. The molecule has 3 aromatic rings. The minimum absolute atomic E-state index is 0.252. The summed E-state index contributed by atoms with van der Waals surface area (Å²) in [7, 11) is 0. The Morgan fingerprint density at radius 1 is 1.13 bits per heavy atom. The van der Waals surface area contributed by atoms with Crippen molar-refractivity contribution in [2.75, 3.05) is 6.54 Å². The van der Waals surface area contributed by atoms with Crippen molar-refractivity contribution < 1.29 is 13.9 Å². The highest BCUT2D eigenvalue weighted by Gasteiger charge is 2.14. The van der Waals surface area contributed by atoms with Crippen LogP contribution in [0.3, 0.4) is 0 Å². The Bertz CT molecular complexity index is 1070. The van der Waals surface area contributed by atoms with Gasteiger partial charge in [0.2, 0.25) is 0 Å². The number of nitrogens with zero attached hydrogens (tertiary/aromatic N) is 2. The maximum Gasteiger partial charge on any atom is 0.260 e. The van der Waals surface area contributed by atoms with Gasteiger partial charge in [-0.15, -0.1) is 0 Å². The first kappa shape index (κ1) is 21.2. The van der Waals surface area contributed by atoms with Crippen LogP contribution in [0.1, 0.15) is 18.1 Å². The van der Waals surface area contributed by atoms with Gasteiger partial charge in [-0.3, -0.25) is 14.2 Å². The first-order valence-electron chi connectivity index (χ1n) is 9.67. The molecule has 0 spiro atoms. The van der Waals surface area contributed by atoms with Gasteiger partial charge in [-0.25, -0.2) is 9.37 Å². The predicted octanol–water partition coefficient (Wildman–Crippen LogP) is 3.25. The number of hydrogen-bond acceptors (Lipinski definition) is 4. The van der Waals surface area contributed by atoms with Gasteiger partial charge >= 0.3 is 0 Å². The van der Waals surface area contributed by atoms with Gasteiger partial charge in [0, 0.05) is 24.7 Å². The molecule has 0 radical (unpaired) electrons. The second kappa shape index (κ2) is 9.35. The van der Waals surface area contributed by atoms with Crippen LogP contribution < -0.4 is 15.6 Å². The number of halogens is 1. The van der Waals surface area contributed by atoms with E-state index < -0.39 is 6.10 Å². The van der Waals surface area contributed by atoms with E-state index in [0.29, 0.717) is 17.0 Å². The van der Waals surface area contributed by atoms with Gasteiger partial charge in [-0.1, -0.05) is 6.07 Å². The first-order valence-corrected chi connectivity index (χ1v) is 9.67. The van der Waals surface area contributed by atoms with E-state index in [9.17, 15) is 14.0 Å². The van der Waals surface area contributed by atoms with Crippen LogP contribution in [0, 0.1) is 19.7 Å². The average Bonchev–Trinajstić information content (AvgIpc) is 2.68. The monoisotopic (exact) mass is 409 g/mol. The van der Waals surface area contributed by atoms with Crippen molar-refractivity contribution in [3.63, 3.8) is 0 Å². The quantitative estimate of drug-likeness (QED) is 0.650. The number of amides is 1. The summed E-state index contributed by atoms with van der Waals surface area (Å²) in [5, 5.41) is 2.77. The number of carbonyl (C=O) groups is 1. The van der Waals surface area contributed by atoms with Crippen molar-refractivity contribution in [1.82, 2.24) is 14.9 Å². The molecular weight excluding hydrogens is 385 g/mol. The minimum atomic E-state index is -0.665. The van der Waals surface area contributed by atoms with Crippen LogP contribution in [-0.4, -0.2) is 28.1 Å². The van der Waals surface area contributed by atoms with Crippen molar-refractivity contribution in [1.29, 1.82) is 0 Å². The van der Waals surface area contributed by atoms with Crippen molar-refractivity contribution in [2.45, 2.75) is 33.4 Å². The van der Waals surface area contributed by atoms with E-state index in [1.165, 1.54) is 29.1 Å². The van der Waals surface area contributed by atoms with Crippen molar-refractivity contribution in [3.05, 3.63) is 82.2 Å². The summed E-state index contributed by atoms with van der Waals surface area (Å²) in [5.74, 6) is 0.0311. The molecule has 1 heterocycles. The standard InChI is InChI=1S/C23H24FN3O3/c1-15-10-16(2)12-20(11-15)30-17(3)23(29)25-8-9-27-14-26-21(13-22(27)28)18-4-6-19(24)7-5-18/h4-7,10-14,17H,8-9H2,1-3H3,(H,25,29). The topological polar surface area (TPSA) is 73.2 Å². The van der Waals surface area contributed by atoms with Crippen LogP contribution >= 0.6 is 0 Å². The smallest absolute Gasteiger partial charge is 0.260 e. The van der Waals surface area contributed by atoms with Crippen LogP contribution in [-0.2, 0) is 11.3 Å². The summed E-state index contributed by atoms with van der Waals surface area (Å²) >= 11 is 0. The Kier molecular flexibility index (Phi) is 6.61. The largest absolute Gasteiger partial charge is 0.481 e. The van der Waals surface area contributed by atoms with Gasteiger partial charge in [0.1, 0.15) is 11.6 Å². The fourth-order valence-electron chi connectivity index (χ4n) is 3.07. The second-order valence-electron chi connectivity index (χ2n) is 7.19. The molecule has 0 aliphatic carbocycles. The molecule has 1 unspecified atom stereocenters. The number of benzene rings is 2. The summed E-state index contributed by atoms with van der Waals surface area (Å²) < 4.78 is 20.2. The number of aryl methyl sites for hydroxylation is 2. The van der Waals surface area contributed by atoms with Gasteiger partial charge in [0.15, 0.2) is 6.10 Å². The molecule has 0 saturated heterocycles. The molecule has 0 saturated carbocycles. The second-order valence-corrected chi connectivity index (χ2v) is 7.19. The van der Waals surface area contributed by atoms with Gasteiger partial charge in [0.05, 0.1) is 12.0 Å². The molecule has 0 aliphatic rings. The van der Waals surface area contributed by atoms with E-state index in [4.69, 9.17) is 4.74 Å². The fraction of sp³-hybridized carbons (Fsp3) is 0.261. The molecule has 1 aromatic heterocycles. The highest BCUT2D eigenvalue weighted by molar-refractivity contribution is 5.80. The summed E-state index contributed by atoms with van der Waals surface area (Å²) in [4.78, 5) is 28.8. The van der Waals surface area contributed by atoms with Crippen LogP contribution in [0.25, 0.3) is 11.3 Å². The van der Waals surface area contributed by atoms with E-state index in [1.54, 1.807) is 19.1 Å². The van der Waals surface area contributed by atoms with Crippen LogP contribution in [0.5, 0.6) is 5.75 Å². The van der Waals surface area contributed by atoms with E-state index in [0.717, 1.165) is 11.1 Å². The molecule has 1 atom stereocenters. The molecule has 2 aromatic carbocycles. The van der Waals surface area contributed by atoms with Gasteiger partial charge in [0.25, 0.3) is 11.5 Å². The molecule has 1 amide bonds. The van der Waals surface area contributed by atoms with E-state index in [1.807, 2.05) is 32.0 Å². The average molecular weight is 409 g/mol. The lowest BCUT2D eigenvalue weighted by molar-refractivity contribution is -0.127. The van der Waals surface area contributed by atoms with Crippen molar-refractivity contribution in [2.24, 2.45) is 0 Å². The number of hydrogen-bond donors (Lipinski definition) is 1. The number of ether oxygens (including phenoxy) is 1. The lowest BCUT2D eigenvalue weighted by Gasteiger charge is -2.16. The van der Waals surface area contributed by atoms with E-state index >= 15 is 0 Å². The molecule has 1 N–H and O–H groups in total. The van der Waals surface area contributed by atoms with Gasteiger partial charge in [-0.2, -0.15) is 0 Å². The van der Waals surface area contributed by atoms with Crippen LogP contribution in [0.2, 0.25) is 0 Å². The maximum atomic E-state index is 13.0. The molecule has 3 rings (SSSR count). The lowest BCUT2D eigenvalue weighted by Crippen LogP contribution is -2.38. The number of carbonyl (C=O) groups excluding carboxylic acids is 1. The fourth-order valence-corrected chi connectivity index (χ4v) is 3.07. The third kappa shape index (κ3) is 5.53. The van der Waals surface area contributed by atoms with Crippen LogP contribution in [0.15, 0.2) is 59.7 Å². The molecule has 30 heavy (non-hydrogen) atoms. The first-order chi connectivity index (χ1) is 14.3. The Balaban J connectivity index is 1.54. The van der Waals surface area contributed by atoms with Crippen LogP contribution in [0.4, 0.5) is 4.39 Å². The minimum Gasteiger partial charge on any atom is -0.481 e. The molecule has 0 fully saturated rings. The Morgan fingerprint density at radius 2 is 1.80 bits per heavy atom. The molecule has 6 nitrogen and oxygen atoms in total. The van der Waals surface area contributed by atoms with Crippen molar-refractivity contribution >= 4 is 5.91 Å². The summed E-state index contributed by atoms with van der Waals surface area (Å²) in [6.07, 6.45) is 0.754. The molecule has 0 bridgehead atoms. The summed E-state index contributed by atoms with van der Waals surface area (Å²) in [5.41, 5.74) is 3.00. The molecule has 156 valence electrons. The van der Waals surface area contributed by atoms with Crippen molar-refractivity contribution in [3.8, 4) is 17.0 Å². The molecular formula is C23H24FN3O3. The molecule has 7 heteroatoms. The number of aromatic nitrogens is 2. The lowest BCUT2D eigenvalue weighted by atomic mass is 10.1. The van der Waals surface area contributed by atoms with E-state index in [-0.39, 0.29) is 30.4 Å². The Labute approximate surface area is 174 Å². The summed E-state index contributed by atoms with van der Waals surface area (Å²) in [6.45, 7) is 6.15. The highest BCUT2D eigenvalue weighted by atomic mass is 19.1. The maximum absolute atomic E-state index is 13.0. The van der Waals surface area contributed by atoms with Gasteiger partial charge < -0.3 is 10.1 Å². The third-order valence-electron chi connectivity index (χ3n) is 4.55. The number of nitrogens with one attached hydrogen (secondary N) is 1. The zero-order valence-electron chi connectivity index (χ0n) is 17.2. The SMILES string of the molecule is Cc1cc(C)cc(OC(C)C(=O)NCCn2cnc(-c3ccc(F)cc3)cc2=O)c1. The van der Waals surface area contributed by atoms with E-state index in [2.05, 4.69) is 10.3 Å². The highest BCUT2D eigenvalue weighted by Crippen LogP contribution is 2.18. The number of rotatable bonds is 7. The zero-order chi connectivity index (χ0) is 21.7.